The van der Waals surface area contributed by atoms with Crippen LogP contribution in [0.25, 0.3) is 0 Å². The van der Waals surface area contributed by atoms with Crippen LogP contribution in [0, 0.1) is 33.0 Å². The van der Waals surface area contributed by atoms with Gasteiger partial charge in [0.1, 0.15) is 0 Å². The molecule has 5 heteroatoms. The van der Waals surface area contributed by atoms with Gasteiger partial charge in [-0.3, -0.25) is 0 Å². The third-order valence-corrected chi connectivity index (χ3v) is 4.72. The van der Waals surface area contributed by atoms with E-state index in [1.54, 1.807) is 0 Å². The van der Waals surface area contributed by atoms with Gasteiger partial charge in [-0.25, -0.2) is 0 Å². The van der Waals surface area contributed by atoms with E-state index in [9.17, 15) is 0 Å². The van der Waals surface area contributed by atoms with Crippen LogP contribution in [-0.2, 0) is 42.6 Å². The molecule has 0 saturated heterocycles. The van der Waals surface area contributed by atoms with Crippen molar-refractivity contribution in [1.29, 1.82) is 0 Å². The number of hydrogen-bond acceptors (Lipinski definition) is 0. The van der Waals surface area contributed by atoms with Crippen molar-refractivity contribution in [2.45, 2.75) is 5.41 Å². The largest absolute Gasteiger partial charge is 0.0764 e. The Hall–Kier alpha value is -3.32. The summed E-state index contributed by atoms with van der Waals surface area (Å²) in [6.45, 7) is 18.0. The van der Waals surface area contributed by atoms with Gasteiger partial charge in [0.25, 0.3) is 0 Å². The van der Waals surface area contributed by atoms with E-state index in [1.165, 1.54) is 22.3 Å². The molecule has 3 aromatic carbocycles. The van der Waals surface area contributed by atoms with Crippen LogP contribution in [0.3, 0.4) is 0 Å². The summed E-state index contributed by atoms with van der Waals surface area (Å²) in [5.41, 5.74) is 4.86. The van der Waals surface area contributed by atoms with Crippen LogP contribution in [0.2, 0.25) is 0 Å². The molecule has 33 heavy (non-hydrogen) atoms. The molecule has 0 aromatic heterocycles. The van der Waals surface area contributed by atoms with Crippen molar-refractivity contribution in [1.82, 2.24) is 0 Å². The van der Waals surface area contributed by atoms with Crippen molar-refractivity contribution in [2.24, 2.45) is 0 Å². The normalized spacial score (nSPS) is 10.2. The average Bonchev–Trinajstić information content (AvgIpc) is 3.47. The third kappa shape index (κ3) is 7.65. The second-order valence-electron chi connectivity index (χ2n) is 6.02. The summed E-state index contributed by atoms with van der Waals surface area (Å²) in [7, 11) is 0. The van der Waals surface area contributed by atoms with Gasteiger partial charge < -0.3 is 0 Å². The zero-order valence-electron chi connectivity index (χ0n) is 17.5. The van der Waals surface area contributed by atoms with Crippen LogP contribution in [0.1, 0.15) is 16.7 Å². The topological polar surface area (TPSA) is 79.6 Å². The summed E-state index contributed by atoms with van der Waals surface area (Å²) < 4.78 is 30.0. The van der Waals surface area contributed by atoms with Gasteiger partial charge in [-0.2, -0.15) is 0 Å². The molecule has 0 aliphatic heterocycles. The van der Waals surface area contributed by atoms with Crippen LogP contribution >= 0.6 is 0 Å². The molecular weight excluding hydrogens is 451 g/mol. The van der Waals surface area contributed by atoms with Crippen molar-refractivity contribution >= 4 is 0 Å². The van der Waals surface area contributed by atoms with Crippen molar-refractivity contribution in [2.75, 3.05) is 0 Å². The fraction of sp³-hybridized carbons (Fsp3) is 0.0357. The predicted octanol–water partition coefficient (Wildman–Crippen LogP) is 5.57. The maximum atomic E-state index is 7.50. The zero-order chi connectivity index (χ0) is 24.2. The fourth-order valence-corrected chi connectivity index (χ4v) is 3.69. The number of hydrogen-bond donors (Lipinski definition) is 0. The third-order valence-electron chi connectivity index (χ3n) is 4.72. The molecule has 1 aliphatic carbocycles. The number of allylic oxidation sites excluding steroid dienone is 4. The molecule has 0 heterocycles. The van der Waals surface area contributed by atoms with Crippen LogP contribution in [0.15, 0.2) is 115 Å². The smallest absolute Gasteiger partial charge is 0.0670 e. The molecule has 3 aromatic rings. The maximum Gasteiger partial charge on any atom is 0.0670 e. The van der Waals surface area contributed by atoms with Crippen molar-refractivity contribution in [3.05, 3.63) is 165 Å². The second-order valence-corrected chi connectivity index (χ2v) is 6.02. The molecule has 0 saturated carbocycles. The van der Waals surface area contributed by atoms with Crippen LogP contribution in [0.5, 0.6) is 0 Å². The summed E-state index contributed by atoms with van der Waals surface area (Å²) in [5.74, 6) is 0. The molecule has 160 valence electrons. The van der Waals surface area contributed by atoms with E-state index < -0.39 is 0 Å². The van der Waals surface area contributed by atoms with Gasteiger partial charge in [0.2, 0.25) is 0 Å². The fourth-order valence-electron chi connectivity index (χ4n) is 3.69. The SMILES string of the molecule is [C-]#[O+].[C-]#[O+].[C-]#[O+].[C-]#[O+].[CH]1C=CC=C1C(c1ccccc1)(c1ccccc1)c1ccccc1.[V]. The molecule has 0 spiro atoms. The average molecular weight is 470 g/mol. The molecule has 2 radical (unpaired) electrons. The summed E-state index contributed by atoms with van der Waals surface area (Å²) in [6, 6.07) is 32.4. The Labute approximate surface area is 206 Å². The molecule has 0 amide bonds. The monoisotopic (exact) mass is 470 g/mol. The van der Waals surface area contributed by atoms with Crippen molar-refractivity contribution < 1.29 is 37.2 Å². The quantitative estimate of drug-likeness (QED) is 0.272. The van der Waals surface area contributed by atoms with E-state index >= 15 is 0 Å². The standard InChI is InChI=1S/C24H19.4CO.V/c1-4-12-20(13-5-1)24(23-18-10-11-19-23,21-14-6-2-7-15-21)22-16-8-3-9-17-22;4*1-2;/h1-19H;;;;;. The van der Waals surface area contributed by atoms with Gasteiger partial charge in [0, 0.05) is 25.0 Å². The van der Waals surface area contributed by atoms with E-state index in [-0.39, 0.29) is 24.0 Å². The van der Waals surface area contributed by atoms with Crippen LogP contribution in [-0.4, -0.2) is 0 Å². The van der Waals surface area contributed by atoms with Crippen LogP contribution in [0.4, 0.5) is 0 Å². The number of benzene rings is 3. The minimum Gasteiger partial charge on any atom is -0.0764 e. The Balaban J connectivity index is 0. The summed E-state index contributed by atoms with van der Waals surface area (Å²) in [4.78, 5) is 0. The Bertz CT molecular complexity index is 927. The molecule has 4 nitrogen and oxygen atoms in total. The first-order valence-electron chi connectivity index (χ1n) is 9.13. The van der Waals surface area contributed by atoms with Crippen LogP contribution < -0.4 is 0 Å². The van der Waals surface area contributed by atoms with Crippen molar-refractivity contribution in [3.63, 3.8) is 0 Å². The van der Waals surface area contributed by atoms with Gasteiger partial charge in [-0.05, 0) is 22.3 Å². The minimum absolute atomic E-state index is 0. The van der Waals surface area contributed by atoms with E-state index in [0.717, 1.165) is 0 Å². The molecule has 0 unspecified atom stereocenters. The van der Waals surface area contributed by atoms with E-state index in [1.807, 2.05) is 0 Å². The first kappa shape index (κ1) is 31.9. The van der Waals surface area contributed by atoms with E-state index in [2.05, 4.69) is 142 Å². The summed E-state index contributed by atoms with van der Waals surface area (Å²) in [5, 5.41) is 0. The summed E-state index contributed by atoms with van der Waals surface area (Å²) >= 11 is 0. The molecule has 0 atom stereocenters. The van der Waals surface area contributed by atoms with Gasteiger partial charge >= 0.3 is 45.2 Å². The van der Waals surface area contributed by atoms with E-state index in [0.29, 0.717) is 0 Å². The predicted molar refractivity (Wildman–Crippen MR) is 116 cm³/mol. The molecule has 0 fully saturated rings. The first-order chi connectivity index (χ1) is 15.9. The zero-order valence-corrected chi connectivity index (χ0v) is 18.9. The van der Waals surface area contributed by atoms with Gasteiger partial charge in [0.05, 0.1) is 5.41 Å². The summed E-state index contributed by atoms with van der Waals surface area (Å²) in [6.07, 6.45) is 8.71. The number of rotatable bonds is 4. The van der Waals surface area contributed by atoms with Gasteiger partial charge in [-0.15, -0.1) is 0 Å². The molecule has 0 bridgehead atoms. The van der Waals surface area contributed by atoms with Gasteiger partial charge in [0.15, 0.2) is 0 Å². The minimum atomic E-state index is -0.298. The Kier molecular flexibility index (Phi) is 18.7. The Morgan fingerprint density at radius 2 is 0.758 bits per heavy atom. The van der Waals surface area contributed by atoms with E-state index in [4.69, 9.17) is 18.6 Å². The molecule has 0 N–H and O–H groups in total. The second kappa shape index (κ2) is 19.4. The maximum absolute atomic E-state index is 7.50. The molecule has 1 aliphatic rings. The van der Waals surface area contributed by atoms with Crippen molar-refractivity contribution in [3.8, 4) is 0 Å². The Morgan fingerprint density at radius 1 is 0.455 bits per heavy atom. The van der Waals surface area contributed by atoms with Gasteiger partial charge in [-0.1, -0.05) is 109 Å². The molecule has 4 rings (SSSR count). The molecular formula is C28H19O4V. The first-order valence-corrected chi connectivity index (χ1v) is 9.13. The Morgan fingerprint density at radius 3 is 1.00 bits per heavy atom.